The van der Waals surface area contributed by atoms with E-state index in [4.69, 9.17) is 0 Å². The number of carbonyl (C=O) groups is 5. The van der Waals surface area contributed by atoms with Crippen LogP contribution in [0.5, 0.6) is 0 Å². The standard InChI is InChI=1S/C24H45B2N6O6PS2/c1-6-17(2)7-9-27-20(33)8-10-28(3)39(38,29(4)11-13-31-21(34)15-18(40-25)23(31)36)30(5)12-14-32-22(35)16-19(41-26)24(32)37/h17-19H,6-16,25-26H2,1-5H3,(H,27,33). The van der Waals surface area contributed by atoms with E-state index in [0.717, 1.165) is 12.8 Å². The molecule has 2 saturated heterocycles. The molecule has 0 aromatic carbocycles. The van der Waals surface area contributed by atoms with Crippen LogP contribution in [0.25, 0.3) is 0 Å². The zero-order valence-corrected chi connectivity index (χ0v) is 28.0. The Morgan fingerprint density at radius 3 is 1.76 bits per heavy atom. The van der Waals surface area contributed by atoms with Crippen molar-refractivity contribution in [3.05, 3.63) is 0 Å². The van der Waals surface area contributed by atoms with E-state index in [2.05, 4.69) is 19.2 Å². The summed E-state index contributed by atoms with van der Waals surface area (Å²) in [5, 5.41) is 2.13. The second kappa shape index (κ2) is 16.5. The fourth-order valence-corrected chi connectivity index (χ4v) is 8.72. The van der Waals surface area contributed by atoms with Gasteiger partial charge in [0.05, 0.1) is 10.5 Å². The summed E-state index contributed by atoms with van der Waals surface area (Å²) in [7, 11) is 5.06. The number of nitrogens with one attached hydrogen (secondary N) is 1. The summed E-state index contributed by atoms with van der Waals surface area (Å²) in [5.41, 5.74) is 0. The highest BCUT2D eigenvalue weighted by Gasteiger charge is 2.42. The van der Waals surface area contributed by atoms with Crippen molar-refractivity contribution in [3.63, 3.8) is 0 Å². The lowest BCUT2D eigenvalue weighted by molar-refractivity contribution is -0.139. The fourth-order valence-electron chi connectivity index (χ4n) is 4.82. The van der Waals surface area contributed by atoms with Crippen LogP contribution in [0.3, 0.4) is 0 Å². The third-order valence-corrected chi connectivity index (χ3v) is 13.1. The molecule has 2 aliphatic heterocycles. The number of hydrogen-bond acceptors (Lipinski definition) is 8. The van der Waals surface area contributed by atoms with Gasteiger partial charge >= 0.3 is 0 Å². The lowest BCUT2D eigenvalue weighted by Gasteiger charge is -2.41. The van der Waals surface area contributed by atoms with Crippen LogP contribution in [0.15, 0.2) is 0 Å². The smallest absolute Gasteiger partial charge is 0.286 e. The molecule has 5 amide bonds. The summed E-state index contributed by atoms with van der Waals surface area (Å²) >= 11 is 2.68. The Hall–Kier alpha value is -1.31. The van der Waals surface area contributed by atoms with Crippen LogP contribution in [0.1, 0.15) is 46.0 Å². The molecule has 0 bridgehead atoms. The van der Waals surface area contributed by atoms with Crippen molar-refractivity contribution in [2.45, 2.75) is 56.5 Å². The summed E-state index contributed by atoms with van der Waals surface area (Å²) in [5.74, 6) is -0.594. The van der Waals surface area contributed by atoms with Gasteiger partial charge in [0.25, 0.3) is 7.59 Å². The molecule has 3 atom stereocenters. The number of rotatable bonds is 18. The van der Waals surface area contributed by atoms with E-state index in [-0.39, 0.29) is 81.5 Å². The molecule has 12 nitrogen and oxygen atoms in total. The topological polar surface area (TPSA) is 131 Å². The number of likely N-dealkylation sites (tertiary alicyclic amines) is 2. The van der Waals surface area contributed by atoms with E-state index in [0.29, 0.717) is 12.5 Å². The third-order valence-electron chi connectivity index (χ3n) is 7.92. The summed E-state index contributed by atoms with van der Waals surface area (Å²) in [6.45, 7) is 5.52. The quantitative estimate of drug-likeness (QED) is 0.121. The van der Waals surface area contributed by atoms with E-state index in [9.17, 15) is 28.5 Å². The van der Waals surface area contributed by atoms with Crippen LogP contribution in [-0.4, -0.2) is 139 Å². The molecule has 3 unspecified atom stereocenters. The molecule has 2 fully saturated rings. The molecule has 2 aliphatic rings. The third kappa shape index (κ3) is 9.09. The van der Waals surface area contributed by atoms with Gasteiger partial charge in [0, 0.05) is 58.5 Å². The molecule has 0 radical (unpaired) electrons. The van der Waals surface area contributed by atoms with Gasteiger partial charge in [-0.1, -0.05) is 20.3 Å². The normalized spacial score (nSPS) is 22.0. The van der Waals surface area contributed by atoms with Gasteiger partial charge in [-0.2, -0.15) is 0 Å². The number of amides is 5. The second-order valence-electron chi connectivity index (χ2n) is 10.7. The Morgan fingerprint density at radius 2 is 1.37 bits per heavy atom. The van der Waals surface area contributed by atoms with Gasteiger partial charge in [-0.3, -0.25) is 38.3 Å². The molecule has 0 aliphatic carbocycles. The first-order valence-corrected chi connectivity index (χ1v) is 18.2. The van der Waals surface area contributed by atoms with Crippen LogP contribution in [0.2, 0.25) is 0 Å². The van der Waals surface area contributed by atoms with Crippen molar-refractivity contribution >= 4 is 74.6 Å². The molecule has 41 heavy (non-hydrogen) atoms. The molecule has 1 N–H and O–H groups in total. The van der Waals surface area contributed by atoms with Gasteiger partial charge in [-0.05, 0) is 33.5 Å². The summed E-state index contributed by atoms with van der Waals surface area (Å²) in [4.78, 5) is 65.1. The van der Waals surface area contributed by atoms with Crippen LogP contribution in [0.4, 0.5) is 0 Å². The molecule has 17 heteroatoms. The molecular formula is C24H45B2N6O6PS2. The number of carbonyl (C=O) groups excluding carboxylic acids is 5. The molecule has 0 spiro atoms. The zero-order chi connectivity index (χ0) is 30.9. The fraction of sp³-hybridized carbons (Fsp3) is 0.792. The minimum absolute atomic E-state index is 0.0888. The van der Waals surface area contributed by atoms with Gasteiger partial charge < -0.3 is 5.32 Å². The maximum absolute atomic E-state index is 14.7. The average Bonchev–Trinajstić information content (AvgIpc) is 3.39. The molecule has 230 valence electrons. The first-order valence-electron chi connectivity index (χ1n) is 14.1. The molecular weight excluding hydrogens is 585 g/mol. The van der Waals surface area contributed by atoms with Crippen molar-refractivity contribution in [2.24, 2.45) is 5.92 Å². The van der Waals surface area contributed by atoms with E-state index in [1.165, 1.54) is 33.0 Å². The van der Waals surface area contributed by atoms with Crippen LogP contribution >= 0.6 is 30.8 Å². The van der Waals surface area contributed by atoms with Crippen LogP contribution < -0.4 is 5.32 Å². The number of likely N-dealkylation sites (N-methyl/N-ethyl adjacent to an activating group) is 2. The Bertz CT molecular complexity index is 973. The molecule has 0 aromatic heterocycles. The lowest BCUT2D eigenvalue weighted by Crippen LogP contribution is -2.44. The second-order valence-corrected chi connectivity index (χ2v) is 15.8. The van der Waals surface area contributed by atoms with E-state index < -0.39 is 18.1 Å². The Kier molecular flexibility index (Phi) is 14.5. The van der Waals surface area contributed by atoms with Crippen molar-refractivity contribution in [3.8, 4) is 0 Å². The largest absolute Gasteiger partial charge is 0.356 e. The number of hydrogen-bond donors (Lipinski definition) is 1. The predicted molar refractivity (Wildman–Crippen MR) is 170 cm³/mol. The minimum Gasteiger partial charge on any atom is -0.356 e. The van der Waals surface area contributed by atoms with Crippen molar-refractivity contribution in [2.75, 3.05) is 60.4 Å². The van der Waals surface area contributed by atoms with E-state index in [1.807, 2.05) is 0 Å². The lowest BCUT2D eigenvalue weighted by atomic mass is 10.1. The van der Waals surface area contributed by atoms with Crippen LogP contribution in [0, 0.1) is 5.92 Å². The molecule has 0 aromatic rings. The van der Waals surface area contributed by atoms with Gasteiger partial charge in [-0.15, -0.1) is 0 Å². The van der Waals surface area contributed by atoms with Crippen molar-refractivity contribution in [1.82, 2.24) is 29.1 Å². The Morgan fingerprint density at radius 1 is 0.927 bits per heavy atom. The number of imide groups is 2. The van der Waals surface area contributed by atoms with Gasteiger partial charge in [0.2, 0.25) is 29.5 Å². The summed E-state index contributed by atoms with van der Waals surface area (Å²) in [6, 6.07) is 0. The molecule has 2 rings (SSSR count). The minimum atomic E-state index is -3.52. The molecule has 0 saturated carbocycles. The van der Waals surface area contributed by atoms with E-state index >= 15 is 0 Å². The highest BCUT2D eigenvalue weighted by molar-refractivity contribution is 8.21. The highest BCUT2D eigenvalue weighted by Crippen LogP contribution is 2.53. The van der Waals surface area contributed by atoms with Crippen molar-refractivity contribution in [1.29, 1.82) is 0 Å². The monoisotopic (exact) mass is 630 g/mol. The summed E-state index contributed by atoms with van der Waals surface area (Å²) < 4.78 is 19.5. The number of nitrogens with zero attached hydrogens (tertiary/aromatic N) is 5. The zero-order valence-electron chi connectivity index (χ0n) is 25.5. The first-order chi connectivity index (χ1) is 19.3. The average molecular weight is 630 g/mol. The maximum atomic E-state index is 14.7. The first kappa shape index (κ1) is 35.9. The van der Waals surface area contributed by atoms with Crippen molar-refractivity contribution < 1.29 is 28.5 Å². The maximum Gasteiger partial charge on any atom is 0.286 e. The van der Waals surface area contributed by atoms with Gasteiger partial charge in [0.15, 0.2) is 14.2 Å². The molecule has 2 heterocycles. The Labute approximate surface area is 254 Å². The predicted octanol–water partition coefficient (Wildman–Crippen LogP) is -0.350. The van der Waals surface area contributed by atoms with Gasteiger partial charge in [0.1, 0.15) is 0 Å². The van der Waals surface area contributed by atoms with Gasteiger partial charge in [-0.25, -0.2) is 37.2 Å². The summed E-state index contributed by atoms with van der Waals surface area (Å²) in [6.07, 6.45) is 2.38. The Balaban J connectivity index is 2.12. The highest BCUT2D eigenvalue weighted by atomic mass is 32.2. The van der Waals surface area contributed by atoms with Crippen LogP contribution in [-0.2, 0) is 28.5 Å². The SMILES string of the molecule is BSC1CC(=O)N(CCN(C)P(=O)(N(C)CCC(=O)NCCC(C)CC)N(C)CCN2C(=O)CC(SB)C2=O)C1=O. The van der Waals surface area contributed by atoms with E-state index in [1.54, 1.807) is 49.4 Å².